The number of hydrogen-bond donors (Lipinski definition) is 1. The fourth-order valence-corrected chi connectivity index (χ4v) is 0.841. The van der Waals surface area contributed by atoms with E-state index >= 15 is 0 Å². The Balaban J connectivity index is 2.48. The van der Waals surface area contributed by atoms with Crippen molar-refractivity contribution in [2.24, 2.45) is 5.41 Å². The van der Waals surface area contributed by atoms with E-state index in [1.165, 1.54) is 7.11 Å². The second kappa shape index (κ2) is 2.93. The quantitative estimate of drug-likeness (QED) is 0.297. The van der Waals surface area contributed by atoms with Crippen molar-refractivity contribution < 1.29 is 9.53 Å². The third-order valence-electron chi connectivity index (χ3n) is 1.68. The van der Waals surface area contributed by atoms with Gasteiger partial charge in [-0.15, -0.1) is 0 Å². The van der Waals surface area contributed by atoms with Crippen LogP contribution in [-0.2, 0) is 9.53 Å². The van der Waals surface area contributed by atoms with E-state index in [4.69, 9.17) is 0 Å². The summed E-state index contributed by atoms with van der Waals surface area (Å²) in [6.45, 7) is 3.73. The van der Waals surface area contributed by atoms with Crippen molar-refractivity contribution in [3.63, 3.8) is 0 Å². The molecule has 0 aromatic heterocycles. The van der Waals surface area contributed by atoms with Crippen molar-refractivity contribution in [3.05, 3.63) is 0 Å². The SMILES string of the molecule is COC(=O)C#CC1(C)CNC1. The number of carbonyl (C=O) groups is 1. The van der Waals surface area contributed by atoms with E-state index in [0.29, 0.717) is 0 Å². The molecule has 0 radical (unpaired) electrons. The molecule has 0 aliphatic carbocycles. The minimum atomic E-state index is -0.460. The van der Waals surface area contributed by atoms with Crippen LogP contribution < -0.4 is 5.32 Å². The van der Waals surface area contributed by atoms with Gasteiger partial charge >= 0.3 is 5.97 Å². The number of ether oxygens (including phenoxy) is 1. The summed E-state index contributed by atoms with van der Waals surface area (Å²) in [5.41, 5.74) is -0.0197. The van der Waals surface area contributed by atoms with Crippen LogP contribution in [0, 0.1) is 17.3 Å². The lowest BCUT2D eigenvalue weighted by molar-refractivity contribution is -0.133. The highest BCUT2D eigenvalue weighted by atomic mass is 16.5. The molecule has 0 saturated carbocycles. The van der Waals surface area contributed by atoms with Gasteiger partial charge in [0.1, 0.15) is 0 Å². The summed E-state index contributed by atoms with van der Waals surface area (Å²) in [7, 11) is 1.33. The van der Waals surface area contributed by atoms with E-state index in [1.807, 2.05) is 6.92 Å². The van der Waals surface area contributed by atoms with Gasteiger partial charge in [0.05, 0.1) is 12.5 Å². The van der Waals surface area contributed by atoms with Crippen LogP contribution in [-0.4, -0.2) is 26.2 Å². The van der Waals surface area contributed by atoms with Gasteiger partial charge in [-0.25, -0.2) is 4.79 Å². The molecule has 0 unspecified atom stereocenters. The van der Waals surface area contributed by atoms with Crippen LogP contribution in [0.3, 0.4) is 0 Å². The minimum Gasteiger partial charge on any atom is -0.459 e. The normalized spacial score (nSPS) is 19.1. The molecule has 0 aromatic rings. The summed E-state index contributed by atoms with van der Waals surface area (Å²) in [5.74, 6) is 4.82. The summed E-state index contributed by atoms with van der Waals surface area (Å²) in [5, 5.41) is 3.09. The second-order valence-corrected chi connectivity index (χ2v) is 2.91. The van der Waals surface area contributed by atoms with Crippen molar-refractivity contribution in [2.45, 2.75) is 6.92 Å². The molecule has 1 N–H and O–H groups in total. The standard InChI is InChI=1S/C8H11NO2/c1-8(5-9-6-8)4-3-7(10)11-2/h9H,5-6H2,1-2H3. The summed E-state index contributed by atoms with van der Waals surface area (Å²) in [6.07, 6.45) is 0. The average molecular weight is 153 g/mol. The first-order valence-electron chi connectivity index (χ1n) is 3.48. The van der Waals surface area contributed by atoms with E-state index in [2.05, 4.69) is 21.9 Å². The lowest BCUT2D eigenvalue weighted by Gasteiger charge is -2.33. The molecule has 0 atom stereocenters. The predicted molar refractivity (Wildman–Crippen MR) is 40.8 cm³/mol. The van der Waals surface area contributed by atoms with Crippen molar-refractivity contribution in [1.82, 2.24) is 5.32 Å². The lowest BCUT2D eigenvalue weighted by Crippen LogP contribution is -2.50. The Morgan fingerprint density at radius 1 is 1.64 bits per heavy atom. The van der Waals surface area contributed by atoms with Gasteiger partial charge in [-0.05, 0) is 6.92 Å². The molecule has 1 aliphatic heterocycles. The highest BCUT2D eigenvalue weighted by molar-refractivity contribution is 5.88. The maximum atomic E-state index is 10.6. The smallest absolute Gasteiger partial charge is 0.384 e. The molecule has 1 fully saturated rings. The van der Waals surface area contributed by atoms with E-state index < -0.39 is 5.97 Å². The van der Waals surface area contributed by atoms with Gasteiger partial charge in [-0.3, -0.25) is 0 Å². The number of methoxy groups -OCH3 is 1. The Kier molecular flexibility index (Phi) is 2.16. The zero-order chi connectivity index (χ0) is 8.32. The number of carbonyl (C=O) groups excluding carboxylic acids is 1. The van der Waals surface area contributed by atoms with Crippen molar-refractivity contribution in [1.29, 1.82) is 0 Å². The molecule has 0 bridgehead atoms. The zero-order valence-corrected chi connectivity index (χ0v) is 6.73. The maximum absolute atomic E-state index is 10.6. The molecule has 3 nitrogen and oxygen atoms in total. The topological polar surface area (TPSA) is 38.3 Å². The van der Waals surface area contributed by atoms with Gasteiger partial charge in [-0.1, -0.05) is 5.92 Å². The van der Waals surface area contributed by atoms with Crippen LogP contribution in [0.1, 0.15) is 6.92 Å². The largest absolute Gasteiger partial charge is 0.459 e. The fraction of sp³-hybridized carbons (Fsp3) is 0.625. The highest BCUT2D eigenvalue weighted by Gasteiger charge is 2.29. The summed E-state index contributed by atoms with van der Waals surface area (Å²) < 4.78 is 4.38. The monoisotopic (exact) mass is 153 g/mol. The Morgan fingerprint density at radius 2 is 2.27 bits per heavy atom. The van der Waals surface area contributed by atoms with Gasteiger partial charge in [0.15, 0.2) is 0 Å². The van der Waals surface area contributed by atoms with Gasteiger partial charge in [0.25, 0.3) is 0 Å². The maximum Gasteiger partial charge on any atom is 0.384 e. The summed E-state index contributed by atoms with van der Waals surface area (Å²) in [4.78, 5) is 10.6. The Bertz CT molecular complexity index is 220. The second-order valence-electron chi connectivity index (χ2n) is 2.91. The van der Waals surface area contributed by atoms with Crippen molar-refractivity contribution in [3.8, 4) is 11.8 Å². The van der Waals surface area contributed by atoms with E-state index in [0.717, 1.165) is 13.1 Å². The van der Waals surface area contributed by atoms with Crippen LogP contribution in [0.4, 0.5) is 0 Å². The molecule has 3 heteroatoms. The number of rotatable bonds is 0. The van der Waals surface area contributed by atoms with E-state index in [-0.39, 0.29) is 5.41 Å². The van der Waals surface area contributed by atoms with E-state index in [1.54, 1.807) is 0 Å². The number of hydrogen-bond acceptors (Lipinski definition) is 3. The molecule has 60 valence electrons. The molecule has 0 aromatic carbocycles. The zero-order valence-electron chi connectivity index (χ0n) is 6.73. The third kappa shape index (κ3) is 1.95. The third-order valence-corrected chi connectivity index (χ3v) is 1.68. The predicted octanol–water partition coefficient (Wildman–Crippen LogP) is -0.228. The van der Waals surface area contributed by atoms with Crippen LogP contribution in [0.25, 0.3) is 0 Å². The van der Waals surface area contributed by atoms with Gasteiger partial charge < -0.3 is 10.1 Å². The molecule has 1 rings (SSSR count). The average Bonchev–Trinajstić information content (AvgIpc) is 1.96. The number of nitrogens with one attached hydrogen (secondary N) is 1. The molecule has 0 amide bonds. The van der Waals surface area contributed by atoms with Crippen molar-refractivity contribution >= 4 is 5.97 Å². The van der Waals surface area contributed by atoms with Gasteiger partial charge in [-0.2, -0.15) is 0 Å². The Morgan fingerprint density at radius 3 is 2.64 bits per heavy atom. The fourth-order valence-electron chi connectivity index (χ4n) is 0.841. The van der Waals surface area contributed by atoms with E-state index in [9.17, 15) is 4.79 Å². The van der Waals surface area contributed by atoms with Crippen LogP contribution in [0.2, 0.25) is 0 Å². The lowest BCUT2D eigenvalue weighted by atomic mass is 9.85. The first-order valence-corrected chi connectivity index (χ1v) is 3.48. The highest BCUT2D eigenvalue weighted by Crippen LogP contribution is 2.18. The Labute approximate surface area is 66.1 Å². The Hall–Kier alpha value is -1.01. The number of esters is 1. The molecule has 0 spiro atoms. The molecule has 1 heterocycles. The molecular formula is C8H11NO2. The molecular weight excluding hydrogens is 142 g/mol. The van der Waals surface area contributed by atoms with Crippen LogP contribution in [0.5, 0.6) is 0 Å². The molecule has 11 heavy (non-hydrogen) atoms. The molecule has 1 aliphatic rings. The van der Waals surface area contributed by atoms with Gasteiger partial charge in [0.2, 0.25) is 0 Å². The summed E-state index contributed by atoms with van der Waals surface area (Å²) in [6, 6.07) is 0. The molecule has 1 saturated heterocycles. The summed E-state index contributed by atoms with van der Waals surface area (Å²) >= 11 is 0. The van der Waals surface area contributed by atoms with Crippen LogP contribution >= 0.6 is 0 Å². The first kappa shape index (κ1) is 8.09. The first-order chi connectivity index (χ1) is 5.16. The van der Waals surface area contributed by atoms with Crippen LogP contribution in [0.15, 0.2) is 0 Å². The van der Waals surface area contributed by atoms with Crippen molar-refractivity contribution in [2.75, 3.05) is 20.2 Å². The minimum absolute atomic E-state index is 0.0197. The van der Waals surface area contributed by atoms with Gasteiger partial charge in [0, 0.05) is 19.0 Å².